The van der Waals surface area contributed by atoms with Gasteiger partial charge in [-0.05, 0) is 53.2 Å². The largest absolute Gasteiger partial charge is 0.338 e. The average Bonchev–Trinajstić information content (AvgIpc) is 2.60. The van der Waals surface area contributed by atoms with E-state index >= 15 is 0 Å². The van der Waals surface area contributed by atoms with E-state index in [2.05, 4.69) is 25.5 Å². The number of aryl methyl sites for hydroxylation is 1. The first kappa shape index (κ1) is 23.8. The van der Waals surface area contributed by atoms with Crippen molar-refractivity contribution in [2.24, 2.45) is 0 Å². The minimum atomic E-state index is -0.381. The molecule has 0 aromatic carbocycles. The first-order valence-electron chi connectivity index (χ1n) is 10.2. The van der Waals surface area contributed by atoms with Gasteiger partial charge in [0.05, 0.1) is 0 Å². The molecule has 0 saturated carbocycles. The Morgan fingerprint density at radius 3 is 2.36 bits per heavy atom. The number of amides is 2. The Kier molecular flexibility index (Phi) is 11.8. The molecular formula is C20H35N5O3. The number of aromatic nitrogens is 2. The molecule has 0 aliphatic rings. The van der Waals surface area contributed by atoms with Crippen LogP contribution >= 0.6 is 0 Å². The van der Waals surface area contributed by atoms with E-state index in [-0.39, 0.29) is 17.5 Å². The third-order valence-corrected chi connectivity index (χ3v) is 4.33. The standard InChI is InChI=1S/C20H35N5O3/c1-16-15-18(27)23-19(22-16)24-20(28)21-13-9-6-4-5-7-11-17(26)12-8-10-14-25(2)3/h15H,4-14H2,1-3H3,(H3,21,22,23,24,27,28). The molecule has 0 aliphatic heterocycles. The number of urea groups is 1. The van der Waals surface area contributed by atoms with Crippen molar-refractivity contribution in [3.8, 4) is 0 Å². The average molecular weight is 394 g/mol. The summed E-state index contributed by atoms with van der Waals surface area (Å²) < 4.78 is 0. The number of nitrogens with zero attached hydrogens (tertiary/aromatic N) is 2. The van der Waals surface area contributed by atoms with Crippen LogP contribution in [0.15, 0.2) is 10.9 Å². The van der Waals surface area contributed by atoms with E-state index in [0.29, 0.717) is 30.9 Å². The van der Waals surface area contributed by atoms with Gasteiger partial charge in [0.2, 0.25) is 5.95 Å². The molecule has 158 valence electrons. The van der Waals surface area contributed by atoms with E-state index in [4.69, 9.17) is 0 Å². The number of aromatic amines is 1. The molecule has 1 rings (SSSR count). The first-order chi connectivity index (χ1) is 13.4. The number of anilines is 1. The minimum absolute atomic E-state index is 0.147. The molecule has 0 spiro atoms. The fourth-order valence-electron chi connectivity index (χ4n) is 2.84. The minimum Gasteiger partial charge on any atom is -0.338 e. The van der Waals surface area contributed by atoms with Crippen LogP contribution in [0.3, 0.4) is 0 Å². The second kappa shape index (κ2) is 13.9. The van der Waals surface area contributed by atoms with Crippen molar-refractivity contribution < 1.29 is 9.59 Å². The van der Waals surface area contributed by atoms with Crippen molar-refractivity contribution in [2.75, 3.05) is 32.5 Å². The topological polar surface area (TPSA) is 107 Å². The van der Waals surface area contributed by atoms with Crippen molar-refractivity contribution in [1.82, 2.24) is 20.2 Å². The Labute approximate surface area is 167 Å². The molecule has 1 aromatic rings. The smallest absolute Gasteiger partial charge is 0.321 e. The summed E-state index contributed by atoms with van der Waals surface area (Å²) in [5.41, 5.74) is 0.251. The SMILES string of the molecule is Cc1cc(=O)[nH]c(NC(=O)NCCCCCCCC(=O)CCCCN(C)C)n1. The number of hydrogen-bond donors (Lipinski definition) is 3. The number of rotatable bonds is 14. The summed E-state index contributed by atoms with van der Waals surface area (Å²) in [5, 5.41) is 5.26. The molecule has 0 aliphatic carbocycles. The highest BCUT2D eigenvalue weighted by Gasteiger charge is 2.04. The fraction of sp³-hybridized carbons (Fsp3) is 0.700. The van der Waals surface area contributed by atoms with Crippen molar-refractivity contribution in [1.29, 1.82) is 0 Å². The van der Waals surface area contributed by atoms with Crippen LogP contribution in [-0.2, 0) is 4.79 Å². The van der Waals surface area contributed by atoms with E-state index in [9.17, 15) is 14.4 Å². The molecule has 0 saturated heterocycles. The molecule has 0 atom stereocenters. The highest BCUT2D eigenvalue weighted by atomic mass is 16.2. The lowest BCUT2D eigenvalue weighted by Gasteiger charge is -2.08. The Morgan fingerprint density at radius 1 is 1.04 bits per heavy atom. The Balaban J connectivity index is 1.97. The summed E-state index contributed by atoms with van der Waals surface area (Å²) in [6.45, 7) is 3.29. The van der Waals surface area contributed by atoms with Crippen LogP contribution < -0.4 is 16.2 Å². The number of hydrogen-bond acceptors (Lipinski definition) is 5. The van der Waals surface area contributed by atoms with Gasteiger partial charge in [-0.25, -0.2) is 9.78 Å². The van der Waals surface area contributed by atoms with Gasteiger partial charge < -0.3 is 10.2 Å². The lowest BCUT2D eigenvalue weighted by atomic mass is 10.1. The monoisotopic (exact) mass is 393 g/mol. The number of Topliss-reactive ketones (excluding diaryl/α,β-unsaturated/α-hetero) is 1. The highest BCUT2D eigenvalue weighted by molar-refractivity contribution is 5.87. The Hall–Kier alpha value is -2.22. The summed E-state index contributed by atoms with van der Waals surface area (Å²) in [4.78, 5) is 43.5. The lowest BCUT2D eigenvalue weighted by Crippen LogP contribution is -2.31. The van der Waals surface area contributed by atoms with Crippen LogP contribution in [0.25, 0.3) is 0 Å². The number of carbonyl (C=O) groups is 2. The summed E-state index contributed by atoms with van der Waals surface area (Å²) in [6.07, 6.45) is 8.39. The zero-order valence-electron chi connectivity index (χ0n) is 17.5. The molecule has 2 amide bonds. The van der Waals surface area contributed by atoms with Gasteiger partial charge in [-0.2, -0.15) is 0 Å². The summed E-state index contributed by atoms with van der Waals surface area (Å²) in [7, 11) is 4.10. The zero-order chi connectivity index (χ0) is 20.8. The van der Waals surface area contributed by atoms with Crippen molar-refractivity contribution in [2.45, 2.75) is 64.7 Å². The fourth-order valence-corrected chi connectivity index (χ4v) is 2.84. The summed E-state index contributed by atoms with van der Waals surface area (Å²) in [6, 6.07) is 0.982. The first-order valence-corrected chi connectivity index (χ1v) is 10.2. The normalized spacial score (nSPS) is 10.9. The van der Waals surface area contributed by atoms with Crippen molar-refractivity contribution in [3.05, 3.63) is 22.1 Å². The Morgan fingerprint density at radius 2 is 1.68 bits per heavy atom. The Bertz CT molecular complexity index is 657. The third-order valence-electron chi connectivity index (χ3n) is 4.33. The second-order valence-electron chi connectivity index (χ2n) is 7.43. The quantitative estimate of drug-likeness (QED) is 0.421. The van der Waals surface area contributed by atoms with Crippen LogP contribution in [0.4, 0.5) is 10.7 Å². The molecule has 0 bridgehead atoms. The lowest BCUT2D eigenvalue weighted by molar-refractivity contribution is -0.119. The van der Waals surface area contributed by atoms with E-state index < -0.39 is 0 Å². The van der Waals surface area contributed by atoms with Crippen LogP contribution in [0.5, 0.6) is 0 Å². The van der Waals surface area contributed by atoms with Crippen LogP contribution in [-0.4, -0.2) is 53.9 Å². The van der Waals surface area contributed by atoms with Crippen molar-refractivity contribution >= 4 is 17.8 Å². The number of nitrogens with one attached hydrogen (secondary N) is 3. The van der Waals surface area contributed by atoms with Crippen LogP contribution in [0.1, 0.15) is 63.5 Å². The number of carbonyl (C=O) groups excluding carboxylic acids is 2. The molecule has 8 nitrogen and oxygen atoms in total. The highest BCUT2D eigenvalue weighted by Crippen LogP contribution is 2.08. The van der Waals surface area contributed by atoms with Gasteiger partial charge in [0.15, 0.2) is 0 Å². The molecule has 8 heteroatoms. The summed E-state index contributed by atoms with van der Waals surface area (Å²) in [5.74, 6) is 0.522. The van der Waals surface area contributed by atoms with E-state index in [1.54, 1.807) is 6.92 Å². The maximum Gasteiger partial charge on any atom is 0.321 e. The van der Waals surface area contributed by atoms with Gasteiger partial charge in [0.1, 0.15) is 5.78 Å². The molecule has 0 radical (unpaired) electrons. The molecule has 0 fully saturated rings. The van der Waals surface area contributed by atoms with Crippen molar-refractivity contribution in [3.63, 3.8) is 0 Å². The number of unbranched alkanes of at least 4 members (excludes halogenated alkanes) is 5. The van der Waals surface area contributed by atoms with Gasteiger partial charge in [0.25, 0.3) is 5.56 Å². The third kappa shape index (κ3) is 12.2. The molecule has 1 aromatic heterocycles. The van der Waals surface area contributed by atoms with Gasteiger partial charge in [0, 0.05) is 31.1 Å². The number of H-pyrrole nitrogens is 1. The maximum absolute atomic E-state index is 11.8. The van der Waals surface area contributed by atoms with Gasteiger partial charge in [-0.3, -0.25) is 19.9 Å². The predicted octanol–water partition coefficient (Wildman–Crippen LogP) is 2.84. The van der Waals surface area contributed by atoms with E-state index in [1.807, 2.05) is 14.1 Å². The zero-order valence-corrected chi connectivity index (χ0v) is 17.5. The summed E-state index contributed by atoms with van der Waals surface area (Å²) >= 11 is 0. The predicted molar refractivity (Wildman–Crippen MR) is 112 cm³/mol. The second-order valence-corrected chi connectivity index (χ2v) is 7.43. The number of ketones is 1. The molecule has 0 unspecified atom stereocenters. The van der Waals surface area contributed by atoms with Gasteiger partial charge in [-0.1, -0.05) is 19.3 Å². The molecule has 1 heterocycles. The van der Waals surface area contributed by atoms with E-state index in [0.717, 1.165) is 51.5 Å². The van der Waals surface area contributed by atoms with Crippen LogP contribution in [0, 0.1) is 6.92 Å². The molecule has 3 N–H and O–H groups in total. The maximum atomic E-state index is 11.8. The molecule has 28 heavy (non-hydrogen) atoms. The van der Waals surface area contributed by atoms with Crippen LogP contribution in [0.2, 0.25) is 0 Å². The van der Waals surface area contributed by atoms with Gasteiger partial charge >= 0.3 is 6.03 Å². The van der Waals surface area contributed by atoms with Gasteiger partial charge in [-0.15, -0.1) is 0 Å². The molecular weight excluding hydrogens is 358 g/mol. The van der Waals surface area contributed by atoms with E-state index in [1.165, 1.54) is 6.07 Å².